The lowest BCUT2D eigenvalue weighted by molar-refractivity contribution is -0.116. The van der Waals surface area contributed by atoms with Crippen LogP contribution in [0.1, 0.15) is 22.3 Å². The fourth-order valence-electron chi connectivity index (χ4n) is 5.86. The maximum Gasteiger partial charge on any atom is 0.297 e. The summed E-state index contributed by atoms with van der Waals surface area (Å²) in [7, 11) is -3.88. The minimum atomic E-state index is -3.88. The maximum absolute atomic E-state index is 12.9. The van der Waals surface area contributed by atoms with Crippen LogP contribution in [0.25, 0.3) is 0 Å². The third kappa shape index (κ3) is 7.37. The summed E-state index contributed by atoms with van der Waals surface area (Å²) in [6.45, 7) is 3.53. The number of hydrogen-bond acceptors (Lipinski definition) is 10. The number of amides is 2. The van der Waals surface area contributed by atoms with Gasteiger partial charge in [0.1, 0.15) is 31.7 Å². The van der Waals surface area contributed by atoms with Gasteiger partial charge in [0.05, 0.1) is 17.7 Å². The highest BCUT2D eigenvalue weighted by molar-refractivity contribution is 7.86. The zero-order chi connectivity index (χ0) is 34.8. The molecule has 0 aliphatic carbocycles. The van der Waals surface area contributed by atoms with E-state index in [0.717, 1.165) is 27.9 Å². The first-order valence-electron chi connectivity index (χ1n) is 16.0. The number of rotatable bonds is 8. The Hall–Kier alpha value is -5.18. The number of halogens is 1. The lowest BCUT2D eigenvalue weighted by Crippen LogP contribution is -2.38. The Bertz CT molecular complexity index is 2040. The SMILES string of the molecule is Cc1ccc(S(=O)(=O)OCC2COc3ccc4c(c3O2)CC(=O)N4)cc1.O=C1Cc2c(ccc3c2OC(CNCc2ccc(F)cc2)CO3)N1. The molecular formula is C36H34FN3O9S. The molecule has 2 amide bonds. The number of fused-ring (bicyclic) bond motifs is 6. The monoisotopic (exact) mass is 703 g/mol. The van der Waals surface area contributed by atoms with Crippen molar-refractivity contribution in [3.63, 3.8) is 0 Å². The van der Waals surface area contributed by atoms with E-state index < -0.39 is 16.2 Å². The molecule has 4 aromatic carbocycles. The molecule has 0 aromatic heterocycles. The molecule has 2 unspecified atom stereocenters. The minimum absolute atomic E-state index is 0.0291. The second kappa shape index (κ2) is 14.0. The molecule has 3 N–H and O–H groups in total. The van der Waals surface area contributed by atoms with Crippen LogP contribution < -0.4 is 34.9 Å². The van der Waals surface area contributed by atoms with Crippen LogP contribution in [0, 0.1) is 12.7 Å². The summed E-state index contributed by atoms with van der Waals surface area (Å²) in [5.41, 5.74) is 5.03. The van der Waals surface area contributed by atoms with Gasteiger partial charge >= 0.3 is 0 Å². The van der Waals surface area contributed by atoms with Gasteiger partial charge in [-0.05, 0) is 61.0 Å². The molecule has 50 heavy (non-hydrogen) atoms. The van der Waals surface area contributed by atoms with Gasteiger partial charge in [-0.15, -0.1) is 0 Å². The number of aryl methyl sites for hydroxylation is 1. The maximum atomic E-state index is 12.9. The van der Waals surface area contributed by atoms with E-state index in [1.165, 1.54) is 24.3 Å². The van der Waals surface area contributed by atoms with Gasteiger partial charge in [-0.1, -0.05) is 29.8 Å². The molecule has 0 bridgehead atoms. The van der Waals surface area contributed by atoms with E-state index in [1.807, 2.05) is 19.1 Å². The van der Waals surface area contributed by atoms with Crippen LogP contribution in [0.4, 0.5) is 15.8 Å². The van der Waals surface area contributed by atoms with Crippen LogP contribution in [0.3, 0.4) is 0 Å². The minimum Gasteiger partial charge on any atom is -0.486 e. The molecule has 2 atom stereocenters. The zero-order valence-electron chi connectivity index (χ0n) is 27.0. The lowest BCUT2D eigenvalue weighted by Gasteiger charge is -2.28. The number of carbonyl (C=O) groups is 2. The van der Waals surface area contributed by atoms with Gasteiger partial charge in [0.2, 0.25) is 11.8 Å². The number of nitrogens with one attached hydrogen (secondary N) is 3. The molecule has 14 heteroatoms. The third-order valence-electron chi connectivity index (χ3n) is 8.42. The van der Waals surface area contributed by atoms with E-state index in [2.05, 4.69) is 16.0 Å². The van der Waals surface area contributed by atoms with Crippen molar-refractivity contribution in [3.8, 4) is 23.0 Å². The Morgan fingerprint density at radius 1 is 0.780 bits per heavy atom. The molecule has 4 aliphatic rings. The van der Waals surface area contributed by atoms with Gasteiger partial charge in [-0.25, -0.2) is 4.39 Å². The molecule has 0 fully saturated rings. The average molecular weight is 704 g/mol. The topological polar surface area (TPSA) is 151 Å². The summed E-state index contributed by atoms with van der Waals surface area (Å²) in [6, 6.07) is 20.0. The first kappa shape index (κ1) is 33.3. The quantitative estimate of drug-likeness (QED) is 0.227. The van der Waals surface area contributed by atoms with Crippen LogP contribution in [-0.2, 0) is 43.3 Å². The van der Waals surface area contributed by atoms with Crippen molar-refractivity contribution in [2.24, 2.45) is 0 Å². The second-order valence-electron chi connectivity index (χ2n) is 12.2. The Kier molecular flexibility index (Phi) is 9.31. The summed E-state index contributed by atoms with van der Waals surface area (Å²) in [4.78, 5) is 23.3. The van der Waals surface area contributed by atoms with Crippen LogP contribution in [0.5, 0.6) is 23.0 Å². The van der Waals surface area contributed by atoms with Gasteiger partial charge in [0, 0.05) is 35.6 Å². The first-order chi connectivity index (χ1) is 24.1. The predicted octanol–water partition coefficient (Wildman–Crippen LogP) is 4.28. The molecule has 260 valence electrons. The highest BCUT2D eigenvalue weighted by atomic mass is 32.2. The predicted molar refractivity (Wildman–Crippen MR) is 180 cm³/mol. The van der Waals surface area contributed by atoms with Crippen molar-refractivity contribution >= 4 is 33.3 Å². The van der Waals surface area contributed by atoms with Crippen LogP contribution >= 0.6 is 0 Å². The van der Waals surface area contributed by atoms with Gasteiger partial charge in [-0.3, -0.25) is 13.8 Å². The van der Waals surface area contributed by atoms with Gasteiger partial charge in [0.25, 0.3) is 10.1 Å². The Morgan fingerprint density at radius 2 is 1.34 bits per heavy atom. The van der Waals surface area contributed by atoms with E-state index in [-0.39, 0.29) is 48.3 Å². The fraction of sp³-hybridized carbons (Fsp3) is 0.278. The Balaban J connectivity index is 0.000000157. The molecule has 0 saturated heterocycles. The highest BCUT2D eigenvalue weighted by Crippen LogP contribution is 2.43. The largest absolute Gasteiger partial charge is 0.486 e. The number of benzene rings is 4. The van der Waals surface area contributed by atoms with Crippen molar-refractivity contribution in [2.45, 2.75) is 43.4 Å². The number of ether oxygens (including phenoxy) is 4. The number of hydrogen-bond donors (Lipinski definition) is 3. The molecule has 4 heterocycles. The molecule has 4 aliphatic heterocycles. The Morgan fingerprint density at radius 3 is 1.94 bits per heavy atom. The van der Waals surface area contributed by atoms with Gasteiger partial charge in [0.15, 0.2) is 29.1 Å². The third-order valence-corrected chi connectivity index (χ3v) is 9.72. The van der Waals surface area contributed by atoms with Crippen molar-refractivity contribution < 1.29 is 45.5 Å². The summed E-state index contributed by atoms with van der Waals surface area (Å²) < 4.78 is 65.9. The molecule has 0 saturated carbocycles. The molecule has 12 nitrogen and oxygen atoms in total. The molecule has 0 spiro atoms. The molecule has 4 aromatic rings. The zero-order valence-corrected chi connectivity index (χ0v) is 27.8. The van der Waals surface area contributed by atoms with E-state index in [4.69, 9.17) is 23.1 Å². The summed E-state index contributed by atoms with van der Waals surface area (Å²) in [5, 5.41) is 8.84. The molecule has 0 radical (unpaired) electrons. The lowest BCUT2D eigenvalue weighted by atomic mass is 10.1. The van der Waals surface area contributed by atoms with Gasteiger partial charge in [-0.2, -0.15) is 8.42 Å². The van der Waals surface area contributed by atoms with Crippen LogP contribution in [-0.4, -0.2) is 58.8 Å². The van der Waals surface area contributed by atoms with Crippen LogP contribution in [0.15, 0.2) is 77.7 Å². The standard InChI is InChI=1S/C18H17FN2O3.C18H17NO6S/c19-12-3-1-11(2-4-12)8-20-9-13-10-23-16-6-5-15-14(18(16)24-13)7-17(22)21-15;1-11-2-4-13(5-3-11)26(21,22)24-10-12-9-23-16-7-6-15-14(18(16)25-12)8-17(20)19-15/h1-6,13,20H,7-10H2,(H,21,22);2-7,12H,8-10H2,1H3,(H,19,20). The van der Waals surface area contributed by atoms with E-state index in [9.17, 15) is 22.4 Å². The van der Waals surface area contributed by atoms with E-state index in [1.54, 1.807) is 36.4 Å². The second-order valence-corrected chi connectivity index (χ2v) is 13.8. The Labute approximate surface area is 288 Å². The smallest absolute Gasteiger partial charge is 0.297 e. The van der Waals surface area contributed by atoms with Crippen LogP contribution in [0.2, 0.25) is 0 Å². The highest BCUT2D eigenvalue weighted by Gasteiger charge is 2.32. The summed E-state index contributed by atoms with van der Waals surface area (Å²) in [5.74, 6) is 1.96. The van der Waals surface area contributed by atoms with Crippen molar-refractivity contribution in [1.82, 2.24) is 5.32 Å². The van der Waals surface area contributed by atoms with Crippen molar-refractivity contribution in [1.29, 1.82) is 0 Å². The average Bonchev–Trinajstić information content (AvgIpc) is 3.70. The van der Waals surface area contributed by atoms with E-state index in [0.29, 0.717) is 54.8 Å². The fourth-order valence-corrected chi connectivity index (χ4v) is 6.80. The van der Waals surface area contributed by atoms with E-state index >= 15 is 0 Å². The molecular weight excluding hydrogens is 669 g/mol. The van der Waals surface area contributed by atoms with Crippen molar-refractivity contribution in [2.75, 3.05) is 37.0 Å². The first-order valence-corrected chi connectivity index (χ1v) is 17.4. The molecule has 8 rings (SSSR count). The summed E-state index contributed by atoms with van der Waals surface area (Å²) in [6.07, 6.45) is -0.209. The van der Waals surface area contributed by atoms with Crippen molar-refractivity contribution in [3.05, 3.63) is 101 Å². The van der Waals surface area contributed by atoms with Gasteiger partial charge < -0.3 is 34.9 Å². The normalized spacial score (nSPS) is 18.3. The number of anilines is 2. The number of carbonyl (C=O) groups excluding carboxylic acids is 2. The summed E-state index contributed by atoms with van der Waals surface area (Å²) >= 11 is 0.